The first kappa shape index (κ1) is 18.7. The van der Waals surface area contributed by atoms with Gasteiger partial charge in [0.1, 0.15) is 0 Å². The predicted octanol–water partition coefficient (Wildman–Crippen LogP) is 5.48. The maximum absolute atomic E-state index is 2.78. The molecule has 1 aliphatic heterocycles. The number of benzene rings is 2. The summed E-state index contributed by atoms with van der Waals surface area (Å²) in [5, 5.41) is 0. The summed E-state index contributed by atoms with van der Waals surface area (Å²) in [5.74, 6) is 0.495. The lowest BCUT2D eigenvalue weighted by molar-refractivity contribution is 0.0500. The van der Waals surface area contributed by atoms with Crippen LogP contribution in [0.15, 0.2) is 60.7 Å². The minimum atomic E-state index is 0.460. The van der Waals surface area contributed by atoms with E-state index in [0.29, 0.717) is 12.0 Å². The summed E-state index contributed by atoms with van der Waals surface area (Å²) in [5.41, 5.74) is 2.90. The fourth-order valence-electron chi connectivity index (χ4n) is 5.23. The van der Waals surface area contributed by atoms with Gasteiger partial charge in [-0.3, -0.25) is 9.80 Å². The molecule has 0 unspecified atom stereocenters. The van der Waals surface area contributed by atoms with E-state index in [9.17, 15) is 0 Å². The summed E-state index contributed by atoms with van der Waals surface area (Å²) in [7, 11) is 0. The predicted molar refractivity (Wildman–Crippen MR) is 114 cm³/mol. The smallest absolute Gasteiger partial charge is 0.0415 e. The van der Waals surface area contributed by atoms with Crippen LogP contribution >= 0.6 is 0 Å². The van der Waals surface area contributed by atoms with Crippen LogP contribution in [-0.2, 0) is 0 Å². The zero-order valence-corrected chi connectivity index (χ0v) is 16.8. The molecule has 0 amide bonds. The van der Waals surface area contributed by atoms with Gasteiger partial charge in [0.05, 0.1) is 0 Å². The third kappa shape index (κ3) is 4.44. The largest absolute Gasteiger partial charge is 0.298 e. The zero-order valence-electron chi connectivity index (χ0n) is 16.8. The number of nitrogens with zero attached hydrogens (tertiary/aromatic N) is 2. The molecular formula is C25H34N2. The van der Waals surface area contributed by atoms with Crippen LogP contribution < -0.4 is 0 Å². The van der Waals surface area contributed by atoms with E-state index in [-0.39, 0.29) is 0 Å². The van der Waals surface area contributed by atoms with Crippen molar-refractivity contribution in [3.63, 3.8) is 0 Å². The molecule has 27 heavy (non-hydrogen) atoms. The van der Waals surface area contributed by atoms with E-state index in [0.717, 1.165) is 6.04 Å². The lowest BCUT2D eigenvalue weighted by Gasteiger charge is -2.45. The fourth-order valence-corrected chi connectivity index (χ4v) is 5.23. The second-order valence-electron chi connectivity index (χ2n) is 8.42. The Hall–Kier alpha value is -1.64. The van der Waals surface area contributed by atoms with Crippen LogP contribution in [0.4, 0.5) is 0 Å². The van der Waals surface area contributed by atoms with Crippen LogP contribution in [0.2, 0.25) is 0 Å². The topological polar surface area (TPSA) is 6.48 Å². The molecule has 1 aliphatic carbocycles. The van der Waals surface area contributed by atoms with Crippen LogP contribution in [0, 0.1) is 0 Å². The number of piperazine rings is 1. The highest BCUT2D eigenvalue weighted by Gasteiger charge is 2.32. The first-order valence-electron chi connectivity index (χ1n) is 10.9. The lowest BCUT2D eigenvalue weighted by Crippen LogP contribution is -2.52. The molecular weight excluding hydrogens is 328 g/mol. The second-order valence-corrected chi connectivity index (χ2v) is 8.42. The summed E-state index contributed by atoms with van der Waals surface area (Å²) < 4.78 is 0. The van der Waals surface area contributed by atoms with Crippen molar-refractivity contribution < 1.29 is 0 Å². The SMILES string of the molecule is C[C@@H](c1ccccc1)[C@H](c1ccccc1)N1CCN(C2CCCCC2)CC1. The standard InChI is InChI=1S/C25H34N2/c1-21(22-11-5-2-6-12-22)25(23-13-7-3-8-14-23)27-19-17-26(18-20-27)24-15-9-4-10-16-24/h2-3,5-8,11-14,21,24-25H,4,9-10,15-20H2,1H3/t21-,25+/m0/s1. The van der Waals surface area contributed by atoms with Crippen molar-refractivity contribution in [2.24, 2.45) is 0 Å². The highest BCUT2D eigenvalue weighted by molar-refractivity contribution is 5.27. The Kier molecular flexibility index (Phi) is 6.26. The monoisotopic (exact) mass is 362 g/mol. The molecule has 2 nitrogen and oxygen atoms in total. The van der Waals surface area contributed by atoms with Gasteiger partial charge in [0, 0.05) is 44.2 Å². The highest BCUT2D eigenvalue weighted by atomic mass is 15.3. The third-order valence-electron chi connectivity index (χ3n) is 6.77. The van der Waals surface area contributed by atoms with Crippen molar-refractivity contribution in [2.45, 2.75) is 57.0 Å². The van der Waals surface area contributed by atoms with Crippen molar-refractivity contribution in [1.29, 1.82) is 0 Å². The van der Waals surface area contributed by atoms with E-state index >= 15 is 0 Å². The Morgan fingerprint density at radius 2 is 1.26 bits per heavy atom. The van der Waals surface area contributed by atoms with Gasteiger partial charge in [0.2, 0.25) is 0 Å². The molecule has 0 N–H and O–H groups in total. The average Bonchev–Trinajstić information content (AvgIpc) is 2.76. The molecule has 2 fully saturated rings. The van der Waals surface area contributed by atoms with Gasteiger partial charge >= 0.3 is 0 Å². The van der Waals surface area contributed by atoms with E-state index < -0.39 is 0 Å². The molecule has 144 valence electrons. The van der Waals surface area contributed by atoms with Crippen molar-refractivity contribution >= 4 is 0 Å². The third-order valence-corrected chi connectivity index (χ3v) is 6.77. The van der Waals surface area contributed by atoms with Gasteiger partial charge in [0.25, 0.3) is 0 Å². The summed E-state index contributed by atoms with van der Waals surface area (Å²) in [6.07, 6.45) is 7.15. The molecule has 1 saturated carbocycles. The maximum Gasteiger partial charge on any atom is 0.0415 e. The van der Waals surface area contributed by atoms with Crippen molar-refractivity contribution in [2.75, 3.05) is 26.2 Å². The minimum Gasteiger partial charge on any atom is -0.298 e. The number of rotatable bonds is 5. The molecule has 2 heteroatoms. The summed E-state index contributed by atoms with van der Waals surface area (Å²) in [6.45, 7) is 7.24. The Morgan fingerprint density at radius 1 is 0.704 bits per heavy atom. The van der Waals surface area contributed by atoms with Crippen LogP contribution in [0.5, 0.6) is 0 Å². The van der Waals surface area contributed by atoms with Crippen LogP contribution in [-0.4, -0.2) is 42.0 Å². The van der Waals surface area contributed by atoms with Crippen LogP contribution in [0.25, 0.3) is 0 Å². The van der Waals surface area contributed by atoms with Gasteiger partial charge in [-0.25, -0.2) is 0 Å². The molecule has 4 rings (SSSR count). The molecule has 1 saturated heterocycles. The van der Waals surface area contributed by atoms with Crippen molar-refractivity contribution in [3.05, 3.63) is 71.8 Å². The van der Waals surface area contributed by atoms with Crippen LogP contribution in [0.3, 0.4) is 0 Å². The normalized spacial score (nSPS) is 22.4. The van der Waals surface area contributed by atoms with Crippen LogP contribution in [0.1, 0.15) is 62.1 Å². The summed E-state index contributed by atoms with van der Waals surface area (Å²) in [6, 6.07) is 23.5. The first-order chi connectivity index (χ1) is 13.3. The average molecular weight is 363 g/mol. The maximum atomic E-state index is 2.78. The van der Waals surface area contributed by atoms with E-state index in [1.54, 1.807) is 0 Å². The number of hydrogen-bond donors (Lipinski definition) is 0. The van der Waals surface area contributed by atoms with E-state index in [4.69, 9.17) is 0 Å². The molecule has 0 bridgehead atoms. The first-order valence-corrected chi connectivity index (χ1v) is 10.9. The van der Waals surface area contributed by atoms with Gasteiger partial charge in [-0.1, -0.05) is 86.8 Å². The highest BCUT2D eigenvalue weighted by Crippen LogP contribution is 2.36. The Bertz CT molecular complexity index is 670. The molecule has 0 radical (unpaired) electrons. The van der Waals surface area contributed by atoms with Gasteiger partial charge in [-0.05, 0) is 24.0 Å². The molecule has 0 spiro atoms. The van der Waals surface area contributed by atoms with E-state index in [2.05, 4.69) is 77.4 Å². The van der Waals surface area contributed by atoms with Gasteiger partial charge in [-0.2, -0.15) is 0 Å². The lowest BCUT2D eigenvalue weighted by atomic mass is 9.86. The molecule has 2 aromatic carbocycles. The molecule has 2 aromatic rings. The quantitative estimate of drug-likeness (QED) is 0.695. The molecule has 0 aromatic heterocycles. The van der Waals surface area contributed by atoms with E-state index in [1.807, 2.05) is 0 Å². The van der Waals surface area contributed by atoms with Gasteiger partial charge in [0.15, 0.2) is 0 Å². The second kappa shape index (κ2) is 9.03. The summed E-state index contributed by atoms with van der Waals surface area (Å²) >= 11 is 0. The molecule has 2 atom stereocenters. The minimum absolute atomic E-state index is 0.460. The summed E-state index contributed by atoms with van der Waals surface area (Å²) in [4.78, 5) is 5.53. The van der Waals surface area contributed by atoms with Gasteiger partial charge < -0.3 is 0 Å². The Morgan fingerprint density at radius 3 is 1.85 bits per heavy atom. The van der Waals surface area contributed by atoms with Crippen molar-refractivity contribution in [3.8, 4) is 0 Å². The molecule has 2 aliphatic rings. The van der Waals surface area contributed by atoms with Crippen molar-refractivity contribution in [1.82, 2.24) is 9.80 Å². The zero-order chi connectivity index (χ0) is 18.5. The fraction of sp³-hybridized carbons (Fsp3) is 0.520. The Labute approximate surface area is 165 Å². The molecule has 1 heterocycles. The Balaban J connectivity index is 1.50. The van der Waals surface area contributed by atoms with E-state index in [1.165, 1.54) is 69.4 Å². The number of hydrogen-bond acceptors (Lipinski definition) is 2. The van der Waals surface area contributed by atoms with Gasteiger partial charge in [-0.15, -0.1) is 0 Å².